The summed E-state index contributed by atoms with van der Waals surface area (Å²) in [5.41, 5.74) is 0.816. The third-order valence-electron chi connectivity index (χ3n) is 3.25. The molecule has 1 saturated heterocycles. The first-order valence-corrected chi connectivity index (χ1v) is 6.19. The second-order valence-electron chi connectivity index (χ2n) is 5.05. The molecular weight excluding hydrogens is 230 g/mol. The van der Waals surface area contributed by atoms with E-state index in [9.17, 15) is 9.90 Å². The summed E-state index contributed by atoms with van der Waals surface area (Å²) in [6.45, 7) is 4.17. The Bertz CT molecular complexity index is 427. The molecule has 1 N–H and O–H groups in total. The first-order valence-electron chi connectivity index (χ1n) is 6.19. The average molecular weight is 249 g/mol. The molecule has 0 aromatic heterocycles. The molecule has 4 heteroatoms. The third kappa shape index (κ3) is 2.20. The highest BCUT2D eigenvalue weighted by Gasteiger charge is 2.46. The van der Waals surface area contributed by atoms with Crippen LogP contribution in [0.5, 0.6) is 5.75 Å². The van der Waals surface area contributed by atoms with Crippen molar-refractivity contribution in [3.05, 3.63) is 24.3 Å². The standard InChI is InChI=1S/C14H19NO3/c1-9(2)8-12-13(16)14(17)15(12)10-4-6-11(18-3)7-5-10/h4-7,9,12-13,16H,8H2,1-3H3/t12-,13+/m0/s1. The Morgan fingerprint density at radius 3 is 2.44 bits per heavy atom. The second kappa shape index (κ2) is 4.98. The van der Waals surface area contributed by atoms with Crippen molar-refractivity contribution in [3.63, 3.8) is 0 Å². The maximum absolute atomic E-state index is 11.8. The van der Waals surface area contributed by atoms with Gasteiger partial charge in [-0.05, 0) is 36.6 Å². The number of rotatable bonds is 4. The van der Waals surface area contributed by atoms with Crippen LogP contribution in [-0.2, 0) is 4.79 Å². The number of aliphatic hydroxyl groups excluding tert-OH is 1. The summed E-state index contributed by atoms with van der Waals surface area (Å²) in [5.74, 6) is 0.983. The van der Waals surface area contributed by atoms with Gasteiger partial charge in [0, 0.05) is 5.69 Å². The number of hydrogen-bond acceptors (Lipinski definition) is 3. The molecule has 18 heavy (non-hydrogen) atoms. The maximum atomic E-state index is 11.8. The summed E-state index contributed by atoms with van der Waals surface area (Å²) in [6, 6.07) is 7.22. The molecule has 1 aromatic rings. The Labute approximate surface area is 107 Å². The highest BCUT2D eigenvalue weighted by molar-refractivity contribution is 6.04. The summed E-state index contributed by atoms with van der Waals surface area (Å²) in [4.78, 5) is 13.4. The van der Waals surface area contributed by atoms with Gasteiger partial charge in [-0.2, -0.15) is 0 Å². The lowest BCUT2D eigenvalue weighted by atomic mass is 9.89. The number of benzene rings is 1. The first kappa shape index (κ1) is 12.9. The average Bonchev–Trinajstić information content (AvgIpc) is 2.38. The Kier molecular flexibility index (Phi) is 3.57. The van der Waals surface area contributed by atoms with E-state index in [1.165, 1.54) is 0 Å². The van der Waals surface area contributed by atoms with Crippen LogP contribution >= 0.6 is 0 Å². The fraction of sp³-hybridized carbons (Fsp3) is 0.500. The van der Waals surface area contributed by atoms with Crippen LogP contribution in [0.15, 0.2) is 24.3 Å². The Balaban J connectivity index is 2.17. The summed E-state index contributed by atoms with van der Waals surface area (Å²) >= 11 is 0. The van der Waals surface area contributed by atoms with Crippen molar-refractivity contribution in [1.29, 1.82) is 0 Å². The highest BCUT2D eigenvalue weighted by Crippen LogP contribution is 2.32. The Morgan fingerprint density at radius 1 is 1.33 bits per heavy atom. The number of anilines is 1. The van der Waals surface area contributed by atoms with Gasteiger partial charge in [0.25, 0.3) is 5.91 Å². The van der Waals surface area contributed by atoms with Crippen molar-refractivity contribution in [2.75, 3.05) is 12.0 Å². The molecule has 0 saturated carbocycles. The minimum absolute atomic E-state index is 0.106. The van der Waals surface area contributed by atoms with E-state index in [2.05, 4.69) is 13.8 Å². The molecule has 0 radical (unpaired) electrons. The van der Waals surface area contributed by atoms with E-state index in [-0.39, 0.29) is 11.9 Å². The van der Waals surface area contributed by atoms with Crippen molar-refractivity contribution in [2.24, 2.45) is 5.92 Å². The van der Waals surface area contributed by atoms with Crippen LogP contribution < -0.4 is 9.64 Å². The van der Waals surface area contributed by atoms with Crippen LogP contribution in [0.4, 0.5) is 5.69 Å². The van der Waals surface area contributed by atoms with Gasteiger partial charge < -0.3 is 14.7 Å². The van der Waals surface area contributed by atoms with E-state index in [4.69, 9.17) is 4.74 Å². The van der Waals surface area contributed by atoms with Gasteiger partial charge in [-0.25, -0.2) is 0 Å². The number of β-lactam (4-membered cyclic amide) rings is 1. The molecule has 0 unspecified atom stereocenters. The van der Waals surface area contributed by atoms with E-state index >= 15 is 0 Å². The molecule has 1 aliphatic rings. The van der Waals surface area contributed by atoms with Crippen LogP contribution in [0, 0.1) is 5.92 Å². The smallest absolute Gasteiger partial charge is 0.258 e. The summed E-state index contributed by atoms with van der Waals surface area (Å²) in [6.07, 6.45) is -0.0478. The van der Waals surface area contributed by atoms with Crippen molar-refractivity contribution < 1.29 is 14.6 Å². The molecule has 1 amide bonds. The summed E-state index contributed by atoms with van der Waals surface area (Å²) in [5, 5.41) is 9.74. The predicted molar refractivity (Wildman–Crippen MR) is 69.7 cm³/mol. The molecule has 1 aromatic carbocycles. The molecule has 1 fully saturated rings. The van der Waals surface area contributed by atoms with Gasteiger partial charge in [-0.1, -0.05) is 13.8 Å². The quantitative estimate of drug-likeness (QED) is 0.828. The monoisotopic (exact) mass is 249 g/mol. The first-order chi connectivity index (χ1) is 8.54. The molecule has 0 aliphatic carbocycles. The fourth-order valence-electron chi connectivity index (χ4n) is 2.31. The van der Waals surface area contributed by atoms with E-state index < -0.39 is 6.10 Å². The minimum atomic E-state index is -0.852. The molecule has 98 valence electrons. The highest BCUT2D eigenvalue weighted by atomic mass is 16.5. The van der Waals surface area contributed by atoms with Crippen LogP contribution in [-0.4, -0.2) is 30.3 Å². The van der Waals surface area contributed by atoms with Gasteiger partial charge in [-0.15, -0.1) is 0 Å². The van der Waals surface area contributed by atoms with E-state index in [0.717, 1.165) is 17.9 Å². The third-order valence-corrected chi connectivity index (χ3v) is 3.25. The minimum Gasteiger partial charge on any atom is -0.497 e. The molecule has 1 heterocycles. The number of amides is 1. The van der Waals surface area contributed by atoms with E-state index in [0.29, 0.717) is 5.92 Å². The van der Waals surface area contributed by atoms with Crippen molar-refractivity contribution in [2.45, 2.75) is 32.4 Å². The van der Waals surface area contributed by atoms with Crippen molar-refractivity contribution >= 4 is 11.6 Å². The van der Waals surface area contributed by atoms with E-state index in [1.54, 1.807) is 12.0 Å². The van der Waals surface area contributed by atoms with Gasteiger partial charge in [0.1, 0.15) is 5.75 Å². The number of ether oxygens (including phenoxy) is 1. The summed E-state index contributed by atoms with van der Waals surface area (Å²) < 4.78 is 5.09. The Hall–Kier alpha value is -1.55. The SMILES string of the molecule is COc1ccc(N2C(=O)[C@H](O)[C@@H]2CC(C)C)cc1. The normalized spacial score (nSPS) is 23.2. The number of methoxy groups -OCH3 is 1. The predicted octanol–water partition coefficient (Wildman–Crippen LogP) is 1.82. The van der Waals surface area contributed by atoms with Crippen LogP contribution in [0.2, 0.25) is 0 Å². The molecule has 2 rings (SSSR count). The lowest BCUT2D eigenvalue weighted by molar-refractivity contribution is -0.137. The molecular formula is C14H19NO3. The van der Waals surface area contributed by atoms with Gasteiger partial charge in [0.2, 0.25) is 0 Å². The van der Waals surface area contributed by atoms with Gasteiger partial charge in [-0.3, -0.25) is 4.79 Å². The van der Waals surface area contributed by atoms with Gasteiger partial charge in [0.05, 0.1) is 13.2 Å². The Morgan fingerprint density at radius 2 is 1.94 bits per heavy atom. The van der Waals surface area contributed by atoms with Crippen molar-refractivity contribution in [3.8, 4) is 5.75 Å². The summed E-state index contributed by atoms with van der Waals surface area (Å²) in [7, 11) is 1.61. The number of carbonyl (C=O) groups is 1. The lowest BCUT2D eigenvalue weighted by Gasteiger charge is -2.45. The number of carbonyl (C=O) groups excluding carboxylic acids is 1. The van der Waals surface area contributed by atoms with Crippen LogP contribution in [0.3, 0.4) is 0 Å². The zero-order valence-corrected chi connectivity index (χ0v) is 11.0. The van der Waals surface area contributed by atoms with E-state index in [1.807, 2.05) is 24.3 Å². The van der Waals surface area contributed by atoms with Crippen LogP contribution in [0.1, 0.15) is 20.3 Å². The molecule has 0 bridgehead atoms. The molecule has 2 atom stereocenters. The maximum Gasteiger partial charge on any atom is 0.258 e. The van der Waals surface area contributed by atoms with Crippen molar-refractivity contribution in [1.82, 2.24) is 0 Å². The molecule has 0 spiro atoms. The molecule has 1 aliphatic heterocycles. The van der Waals surface area contributed by atoms with Gasteiger partial charge in [0.15, 0.2) is 6.10 Å². The zero-order chi connectivity index (χ0) is 13.3. The lowest BCUT2D eigenvalue weighted by Crippen LogP contribution is -2.65. The van der Waals surface area contributed by atoms with Crippen LogP contribution in [0.25, 0.3) is 0 Å². The number of aliphatic hydroxyl groups is 1. The fourth-order valence-corrected chi connectivity index (χ4v) is 2.31. The second-order valence-corrected chi connectivity index (χ2v) is 5.05. The molecule has 4 nitrogen and oxygen atoms in total. The number of nitrogens with zero attached hydrogens (tertiary/aromatic N) is 1. The number of hydrogen-bond donors (Lipinski definition) is 1. The van der Waals surface area contributed by atoms with Gasteiger partial charge >= 0.3 is 0 Å². The topological polar surface area (TPSA) is 49.8 Å². The largest absolute Gasteiger partial charge is 0.497 e. The zero-order valence-electron chi connectivity index (χ0n) is 11.0.